The summed E-state index contributed by atoms with van der Waals surface area (Å²) < 4.78 is 5.34. The molecule has 1 atom stereocenters. The van der Waals surface area contributed by atoms with E-state index in [2.05, 4.69) is 21.9 Å². The highest BCUT2D eigenvalue weighted by Crippen LogP contribution is 2.14. The van der Waals surface area contributed by atoms with Gasteiger partial charge in [0.2, 0.25) is 0 Å². The third-order valence-electron chi connectivity index (χ3n) is 4.58. The SMILES string of the molecule is CCN1CCN(Cc2cc(C(=O)N3CC[C@@H](N)C3)no2)CC1. The van der Waals surface area contributed by atoms with Gasteiger partial charge in [-0.15, -0.1) is 0 Å². The lowest BCUT2D eigenvalue weighted by Gasteiger charge is -2.33. The minimum Gasteiger partial charge on any atom is -0.359 e. The molecule has 1 aromatic heterocycles. The number of likely N-dealkylation sites (tertiary alicyclic amines) is 1. The lowest BCUT2D eigenvalue weighted by atomic mass is 10.2. The summed E-state index contributed by atoms with van der Waals surface area (Å²) in [5.41, 5.74) is 6.24. The summed E-state index contributed by atoms with van der Waals surface area (Å²) in [6.45, 7) is 9.56. The van der Waals surface area contributed by atoms with E-state index >= 15 is 0 Å². The molecule has 2 N–H and O–H groups in total. The van der Waals surface area contributed by atoms with E-state index in [0.717, 1.165) is 51.4 Å². The smallest absolute Gasteiger partial charge is 0.276 e. The van der Waals surface area contributed by atoms with E-state index in [1.807, 2.05) is 0 Å². The largest absolute Gasteiger partial charge is 0.359 e. The molecule has 0 aliphatic carbocycles. The number of nitrogens with two attached hydrogens (primary N) is 1. The average molecular weight is 307 g/mol. The van der Waals surface area contributed by atoms with Crippen molar-refractivity contribution >= 4 is 5.91 Å². The molecule has 2 fully saturated rings. The maximum Gasteiger partial charge on any atom is 0.276 e. The second-order valence-corrected chi connectivity index (χ2v) is 6.19. The fourth-order valence-corrected chi connectivity index (χ4v) is 3.11. The highest BCUT2D eigenvalue weighted by Gasteiger charge is 2.27. The Bertz CT molecular complexity index is 510. The number of nitrogens with zero attached hydrogens (tertiary/aromatic N) is 4. The van der Waals surface area contributed by atoms with E-state index in [1.54, 1.807) is 11.0 Å². The Balaban J connectivity index is 1.54. The zero-order chi connectivity index (χ0) is 15.5. The molecule has 2 saturated heterocycles. The highest BCUT2D eigenvalue weighted by molar-refractivity contribution is 5.92. The normalized spacial score (nSPS) is 24.1. The molecule has 0 aromatic carbocycles. The number of amides is 1. The van der Waals surface area contributed by atoms with Crippen LogP contribution in [0, 0.1) is 0 Å². The molecular formula is C15H25N5O2. The second-order valence-electron chi connectivity index (χ2n) is 6.19. The lowest BCUT2D eigenvalue weighted by molar-refractivity contribution is 0.0780. The van der Waals surface area contributed by atoms with E-state index in [4.69, 9.17) is 10.3 Å². The van der Waals surface area contributed by atoms with E-state index in [1.165, 1.54) is 0 Å². The van der Waals surface area contributed by atoms with E-state index < -0.39 is 0 Å². The van der Waals surface area contributed by atoms with Crippen LogP contribution in [0.4, 0.5) is 0 Å². The maximum atomic E-state index is 12.3. The molecule has 1 aromatic rings. The number of piperazine rings is 1. The quantitative estimate of drug-likeness (QED) is 0.842. The van der Waals surface area contributed by atoms with Crippen LogP contribution in [-0.4, -0.2) is 77.6 Å². The first-order valence-corrected chi connectivity index (χ1v) is 8.11. The summed E-state index contributed by atoms with van der Waals surface area (Å²) in [6.07, 6.45) is 0.859. The van der Waals surface area contributed by atoms with Crippen molar-refractivity contribution in [1.29, 1.82) is 0 Å². The molecule has 3 heterocycles. The molecule has 0 radical (unpaired) electrons. The van der Waals surface area contributed by atoms with E-state index in [0.29, 0.717) is 18.8 Å². The first kappa shape index (κ1) is 15.5. The molecule has 0 unspecified atom stereocenters. The summed E-state index contributed by atoms with van der Waals surface area (Å²) in [4.78, 5) is 18.8. The Morgan fingerprint density at radius 3 is 2.68 bits per heavy atom. The van der Waals surface area contributed by atoms with Crippen molar-refractivity contribution in [2.24, 2.45) is 5.73 Å². The Morgan fingerprint density at radius 2 is 2.05 bits per heavy atom. The van der Waals surface area contributed by atoms with Crippen LogP contribution in [0.3, 0.4) is 0 Å². The van der Waals surface area contributed by atoms with Gasteiger partial charge >= 0.3 is 0 Å². The van der Waals surface area contributed by atoms with Crippen molar-refractivity contribution in [2.45, 2.75) is 25.9 Å². The number of carbonyl (C=O) groups excluding carboxylic acids is 1. The summed E-state index contributed by atoms with van der Waals surface area (Å²) in [5.74, 6) is 0.690. The lowest BCUT2D eigenvalue weighted by Crippen LogP contribution is -2.45. The van der Waals surface area contributed by atoms with Gasteiger partial charge in [0.25, 0.3) is 5.91 Å². The molecule has 2 aliphatic rings. The maximum absolute atomic E-state index is 12.3. The zero-order valence-corrected chi connectivity index (χ0v) is 13.2. The van der Waals surface area contributed by atoms with Crippen molar-refractivity contribution in [3.8, 4) is 0 Å². The molecule has 7 heteroatoms. The standard InChI is InChI=1S/C15H25N5O2/c1-2-18-5-7-19(8-6-18)11-13-9-14(17-22-13)15(21)20-4-3-12(16)10-20/h9,12H,2-8,10-11,16H2,1H3/t12-/m1/s1. The van der Waals surface area contributed by atoms with Crippen molar-refractivity contribution < 1.29 is 9.32 Å². The number of rotatable bonds is 4. The van der Waals surface area contributed by atoms with Gasteiger partial charge < -0.3 is 20.1 Å². The van der Waals surface area contributed by atoms with Gasteiger partial charge in [0.1, 0.15) is 0 Å². The summed E-state index contributed by atoms with van der Waals surface area (Å²) in [7, 11) is 0. The van der Waals surface area contributed by atoms with Gasteiger partial charge in [-0.3, -0.25) is 9.69 Å². The number of hydrogen-bond acceptors (Lipinski definition) is 6. The van der Waals surface area contributed by atoms with E-state index in [-0.39, 0.29) is 11.9 Å². The van der Waals surface area contributed by atoms with Crippen LogP contribution in [0.1, 0.15) is 29.6 Å². The molecule has 22 heavy (non-hydrogen) atoms. The van der Waals surface area contributed by atoms with Gasteiger partial charge in [0.15, 0.2) is 11.5 Å². The zero-order valence-electron chi connectivity index (χ0n) is 13.2. The Morgan fingerprint density at radius 1 is 1.32 bits per heavy atom. The van der Waals surface area contributed by atoms with Crippen LogP contribution in [-0.2, 0) is 6.54 Å². The minimum absolute atomic E-state index is 0.0706. The van der Waals surface area contributed by atoms with Crippen molar-refractivity contribution in [1.82, 2.24) is 19.9 Å². The molecule has 0 bridgehead atoms. The fraction of sp³-hybridized carbons (Fsp3) is 0.733. The van der Waals surface area contributed by atoms with Gasteiger partial charge in [-0.1, -0.05) is 12.1 Å². The molecule has 2 aliphatic heterocycles. The number of hydrogen-bond donors (Lipinski definition) is 1. The summed E-state index contributed by atoms with van der Waals surface area (Å²) >= 11 is 0. The molecule has 1 amide bonds. The van der Waals surface area contributed by atoms with Crippen LogP contribution in [0.15, 0.2) is 10.6 Å². The fourth-order valence-electron chi connectivity index (χ4n) is 3.11. The molecule has 0 saturated carbocycles. The molecule has 122 valence electrons. The summed E-state index contributed by atoms with van der Waals surface area (Å²) in [5, 5.41) is 3.94. The Kier molecular flexibility index (Phi) is 4.75. The number of carbonyl (C=O) groups is 1. The van der Waals surface area contributed by atoms with Crippen molar-refractivity contribution in [3.63, 3.8) is 0 Å². The molecule has 3 rings (SSSR count). The second kappa shape index (κ2) is 6.76. The van der Waals surface area contributed by atoms with Crippen LogP contribution < -0.4 is 5.73 Å². The predicted octanol–water partition coefficient (Wildman–Crippen LogP) is -0.0147. The third kappa shape index (κ3) is 3.48. The Labute approximate surface area is 131 Å². The van der Waals surface area contributed by atoms with Crippen LogP contribution in [0.2, 0.25) is 0 Å². The van der Waals surface area contributed by atoms with Crippen LogP contribution in [0.25, 0.3) is 0 Å². The van der Waals surface area contributed by atoms with Gasteiger partial charge in [-0.25, -0.2) is 0 Å². The highest BCUT2D eigenvalue weighted by atomic mass is 16.5. The van der Waals surface area contributed by atoms with Crippen LogP contribution in [0.5, 0.6) is 0 Å². The van der Waals surface area contributed by atoms with Gasteiger partial charge in [0, 0.05) is 51.4 Å². The topological polar surface area (TPSA) is 78.8 Å². The van der Waals surface area contributed by atoms with Gasteiger partial charge in [-0.2, -0.15) is 0 Å². The van der Waals surface area contributed by atoms with Crippen molar-refractivity contribution in [2.75, 3.05) is 45.8 Å². The first-order chi connectivity index (χ1) is 10.7. The first-order valence-electron chi connectivity index (χ1n) is 8.11. The number of likely N-dealkylation sites (N-methyl/N-ethyl adjacent to an activating group) is 1. The van der Waals surface area contributed by atoms with Gasteiger partial charge in [-0.05, 0) is 13.0 Å². The molecule has 7 nitrogen and oxygen atoms in total. The average Bonchev–Trinajstić information content (AvgIpc) is 3.16. The minimum atomic E-state index is -0.0706. The third-order valence-corrected chi connectivity index (χ3v) is 4.58. The molecule has 0 spiro atoms. The number of aromatic nitrogens is 1. The Hall–Kier alpha value is -1.44. The van der Waals surface area contributed by atoms with Gasteiger partial charge in [0.05, 0.1) is 6.54 Å². The monoisotopic (exact) mass is 307 g/mol. The van der Waals surface area contributed by atoms with E-state index in [9.17, 15) is 4.79 Å². The van der Waals surface area contributed by atoms with Crippen molar-refractivity contribution in [3.05, 3.63) is 17.5 Å². The van der Waals surface area contributed by atoms with Crippen LogP contribution >= 0.6 is 0 Å². The predicted molar refractivity (Wildman–Crippen MR) is 82.4 cm³/mol. The molecular weight excluding hydrogens is 282 g/mol. The summed E-state index contributed by atoms with van der Waals surface area (Å²) in [6, 6.07) is 1.86.